The summed E-state index contributed by atoms with van der Waals surface area (Å²) in [5.41, 5.74) is 0.859. The van der Waals surface area contributed by atoms with E-state index in [-0.39, 0.29) is 6.03 Å². The normalized spacial score (nSPS) is 17.3. The Bertz CT molecular complexity index is 407. The van der Waals surface area contributed by atoms with E-state index in [1.165, 1.54) is 3.57 Å². The number of hydrogen-bond acceptors (Lipinski definition) is 2. The Balaban J connectivity index is 1.92. The van der Waals surface area contributed by atoms with Crippen molar-refractivity contribution >= 4 is 34.3 Å². The van der Waals surface area contributed by atoms with Crippen molar-refractivity contribution in [3.05, 3.63) is 27.8 Å². The van der Waals surface area contributed by atoms with Crippen LogP contribution in [0.25, 0.3) is 0 Å². The summed E-state index contributed by atoms with van der Waals surface area (Å²) >= 11 is 2.25. The number of carbonyl (C=O) groups excluding carboxylic acids is 1. The summed E-state index contributed by atoms with van der Waals surface area (Å²) in [6.45, 7) is 3.64. The van der Waals surface area contributed by atoms with Gasteiger partial charge in [-0.1, -0.05) is 0 Å². The van der Waals surface area contributed by atoms with Crippen LogP contribution in [-0.4, -0.2) is 49.1 Å². The predicted molar refractivity (Wildman–Crippen MR) is 81.9 cm³/mol. The lowest BCUT2D eigenvalue weighted by molar-refractivity contribution is 0.213. The lowest BCUT2D eigenvalue weighted by Gasteiger charge is -2.21. The first kappa shape index (κ1) is 13.6. The quantitative estimate of drug-likeness (QED) is 0.782. The van der Waals surface area contributed by atoms with Crippen molar-refractivity contribution in [2.24, 2.45) is 0 Å². The number of nitrogens with one attached hydrogen (secondary N) is 1. The number of urea groups is 1. The van der Waals surface area contributed by atoms with Crippen LogP contribution in [0.4, 0.5) is 10.5 Å². The van der Waals surface area contributed by atoms with Gasteiger partial charge in [0.2, 0.25) is 0 Å². The third kappa shape index (κ3) is 3.84. The molecular formula is C13H18IN3O. The van der Waals surface area contributed by atoms with Crippen LogP contribution >= 0.6 is 22.6 Å². The summed E-state index contributed by atoms with van der Waals surface area (Å²) in [7, 11) is 2.10. The van der Waals surface area contributed by atoms with Crippen LogP contribution < -0.4 is 5.32 Å². The fourth-order valence-electron chi connectivity index (χ4n) is 1.99. The first-order valence-electron chi connectivity index (χ1n) is 6.15. The van der Waals surface area contributed by atoms with Gasteiger partial charge in [0.05, 0.1) is 0 Å². The molecule has 1 saturated heterocycles. The highest BCUT2D eigenvalue weighted by Crippen LogP contribution is 2.12. The fraction of sp³-hybridized carbons (Fsp3) is 0.462. The number of benzene rings is 1. The van der Waals surface area contributed by atoms with Crippen molar-refractivity contribution in [3.63, 3.8) is 0 Å². The average molecular weight is 359 g/mol. The Kier molecular flexibility index (Phi) is 4.82. The second-order valence-electron chi connectivity index (χ2n) is 4.58. The summed E-state index contributed by atoms with van der Waals surface area (Å²) < 4.78 is 1.17. The zero-order chi connectivity index (χ0) is 13.0. The molecule has 0 atom stereocenters. The monoisotopic (exact) mass is 359 g/mol. The Labute approximate surface area is 121 Å². The molecule has 1 aliphatic heterocycles. The maximum atomic E-state index is 12.1. The summed E-state index contributed by atoms with van der Waals surface area (Å²) in [6, 6.07) is 7.86. The molecule has 1 aliphatic rings. The van der Waals surface area contributed by atoms with Gasteiger partial charge in [-0.15, -0.1) is 0 Å². The highest BCUT2D eigenvalue weighted by molar-refractivity contribution is 14.1. The average Bonchev–Trinajstić information content (AvgIpc) is 2.57. The number of rotatable bonds is 1. The third-order valence-corrected chi connectivity index (χ3v) is 3.82. The maximum Gasteiger partial charge on any atom is 0.321 e. The summed E-state index contributed by atoms with van der Waals surface area (Å²) in [5, 5.41) is 2.95. The highest BCUT2D eigenvalue weighted by Gasteiger charge is 2.17. The molecule has 98 valence electrons. The zero-order valence-electron chi connectivity index (χ0n) is 10.5. The first-order valence-corrected chi connectivity index (χ1v) is 7.23. The smallest absolute Gasteiger partial charge is 0.321 e. The third-order valence-electron chi connectivity index (χ3n) is 3.10. The van der Waals surface area contributed by atoms with Gasteiger partial charge < -0.3 is 15.1 Å². The minimum absolute atomic E-state index is 0.00603. The lowest BCUT2D eigenvalue weighted by Crippen LogP contribution is -2.37. The Morgan fingerprint density at radius 3 is 2.61 bits per heavy atom. The number of nitrogens with zero attached hydrogens (tertiary/aromatic N) is 2. The van der Waals surface area contributed by atoms with Crippen molar-refractivity contribution in [1.82, 2.24) is 9.80 Å². The van der Waals surface area contributed by atoms with Gasteiger partial charge >= 0.3 is 6.03 Å². The van der Waals surface area contributed by atoms with Crippen LogP contribution in [0.5, 0.6) is 0 Å². The van der Waals surface area contributed by atoms with Crippen molar-refractivity contribution in [3.8, 4) is 0 Å². The largest absolute Gasteiger partial charge is 0.323 e. The van der Waals surface area contributed by atoms with E-state index in [2.05, 4.69) is 39.9 Å². The minimum atomic E-state index is 0.00603. The van der Waals surface area contributed by atoms with E-state index < -0.39 is 0 Å². The van der Waals surface area contributed by atoms with Crippen molar-refractivity contribution in [2.45, 2.75) is 6.42 Å². The van der Waals surface area contributed by atoms with Gasteiger partial charge in [-0.25, -0.2) is 4.79 Å². The predicted octanol–water partition coefficient (Wildman–Crippen LogP) is 2.46. The van der Waals surface area contributed by atoms with E-state index in [0.717, 1.165) is 38.3 Å². The number of anilines is 1. The molecular weight excluding hydrogens is 341 g/mol. The number of likely N-dealkylation sites (N-methyl/N-ethyl adjacent to an activating group) is 1. The molecule has 1 N–H and O–H groups in total. The van der Waals surface area contributed by atoms with Crippen LogP contribution in [0.2, 0.25) is 0 Å². The van der Waals surface area contributed by atoms with Gasteiger partial charge in [-0.3, -0.25) is 0 Å². The molecule has 0 unspecified atom stereocenters. The van der Waals surface area contributed by atoms with Gasteiger partial charge in [-0.2, -0.15) is 0 Å². The molecule has 18 heavy (non-hydrogen) atoms. The highest BCUT2D eigenvalue weighted by atomic mass is 127. The van der Waals surface area contributed by atoms with Crippen molar-refractivity contribution in [1.29, 1.82) is 0 Å². The molecule has 0 bridgehead atoms. The number of halogens is 1. The molecule has 1 fully saturated rings. The molecule has 2 amide bonds. The van der Waals surface area contributed by atoms with Gasteiger partial charge in [0.25, 0.3) is 0 Å². The van der Waals surface area contributed by atoms with Crippen LogP contribution in [0, 0.1) is 3.57 Å². The van der Waals surface area contributed by atoms with E-state index in [1.54, 1.807) is 0 Å². The van der Waals surface area contributed by atoms with Gasteiger partial charge in [-0.05, 0) is 66.9 Å². The second kappa shape index (κ2) is 6.38. The van der Waals surface area contributed by atoms with Crippen molar-refractivity contribution in [2.75, 3.05) is 38.5 Å². The molecule has 1 heterocycles. The van der Waals surface area contributed by atoms with E-state index in [0.29, 0.717) is 0 Å². The van der Waals surface area contributed by atoms with E-state index in [1.807, 2.05) is 29.2 Å². The molecule has 2 rings (SSSR count). The van der Waals surface area contributed by atoms with Gasteiger partial charge in [0, 0.05) is 28.9 Å². The lowest BCUT2D eigenvalue weighted by atomic mass is 10.3. The van der Waals surface area contributed by atoms with E-state index >= 15 is 0 Å². The standard InChI is InChI=1S/C13H18IN3O/c1-16-7-2-8-17(10-9-16)13(18)15-12-5-3-11(14)4-6-12/h3-6H,2,7-10H2,1H3,(H,15,18). The van der Waals surface area contributed by atoms with E-state index in [4.69, 9.17) is 0 Å². The SMILES string of the molecule is CN1CCCN(C(=O)Nc2ccc(I)cc2)CC1. The Morgan fingerprint density at radius 2 is 1.89 bits per heavy atom. The molecule has 1 aromatic carbocycles. The fourth-order valence-corrected chi connectivity index (χ4v) is 2.34. The Hall–Kier alpha value is -0.820. The molecule has 0 aliphatic carbocycles. The summed E-state index contributed by atoms with van der Waals surface area (Å²) in [4.78, 5) is 16.3. The molecule has 0 spiro atoms. The molecule has 0 saturated carbocycles. The van der Waals surface area contributed by atoms with E-state index in [9.17, 15) is 4.79 Å². The van der Waals surface area contributed by atoms with Crippen LogP contribution in [0.1, 0.15) is 6.42 Å². The number of carbonyl (C=O) groups is 1. The molecule has 4 nitrogen and oxygen atoms in total. The van der Waals surface area contributed by atoms with Crippen LogP contribution in [-0.2, 0) is 0 Å². The number of hydrogen-bond donors (Lipinski definition) is 1. The minimum Gasteiger partial charge on any atom is -0.323 e. The molecule has 0 radical (unpaired) electrons. The van der Waals surface area contributed by atoms with Crippen LogP contribution in [0.15, 0.2) is 24.3 Å². The molecule has 5 heteroatoms. The number of amides is 2. The second-order valence-corrected chi connectivity index (χ2v) is 5.83. The zero-order valence-corrected chi connectivity index (χ0v) is 12.7. The first-order chi connectivity index (χ1) is 8.65. The Morgan fingerprint density at radius 1 is 1.17 bits per heavy atom. The van der Waals surface area contributed by atoms with Crippen molar-refractivity contribution < 1.29 is 4.79 Å². The van der Waals surface area contributed by atoms with Gasteiger partial charge in [0.15, 0.2) is 0 Å². The summed E-state index contributed by atoms with van der Waals surface area (Å²) in [6.07, 6.45) is 1.04. The molecule has 1 aromatic rings. The van der Waals surface area contributed by atoms with Crippen LogP contribution in [0.3, 0.4) is 0 Å². The summed E-state index contributed by atoms with van der Waals surface area (Å²) in [5.74, 6) is 0. The maximum absolute atomic E-state index is 12.1. The van der Waals surface area contributed by atoms with Gasteiger partial charge in [0.1, 0.15) is 0 Å². The topological polar surface area (TPSA) is 35.6 Å². The molecule has 0 aromatic heterocycles.